The predicted molar refractivity (Wildman–Crippen MR) is 121 cm³/mol. The molecule has 1 fully saturated rings. The van der Waals surface area contributed by atoms with Crippen LogP contribution in [0.2, 0.25) is 0 Å². The van der Waals surface area contributed by atoms with Gasteiger partial charge in [0.25, 0.3) is 5.91 Å². The largest absolute Gasteiger partial charge is 0.357 e. The molecule has 1 amide bonds. The molecule has 1 aliphatic rings. The van der Waals surface area contributed by atoms with Crippen LogP contribution in [0.1, 0.15) is 61.9 Å². The van der Waals surface area contributed by atoms with Crippen LogP contribution in [0.25, 0.3) is 0 Å². The fourth-order valence-electron chi connectivity index (χ4n) is 3.66. The van der Waals surface area contributed by atoms with Gasteiger partial charge in [-0.3, -0.25) is 4.79 Å². The third-order valence-electron chi connectivity index (χ3n) is 5.48. The molecule has 1 atom stereocenters. The maximum atomic E-state index is 12.0. The van der Waals surface area contributed by atoms with Crippen LogP contribution in [0.3, 0.4) is 0 Å². The summed E-state index contributed by atoms with van der Waals surface area (Å²) in [6, 6.07) is 8.44. The number of likely N-dealkylation sites (tertiary alicyclic amines) is 1. The number of carbonyl (C=O) groups excluding carboxylic acids is 1. The van der Waals surface area contributed by atoms with Crippen molar-refractivity contribution in [2.24, 2.45) is 4.99 Å². The Bertz CT molecular complexity index is 641. The van der Waals surface area contributed by atoms with Gasteiger partial charge in [-0.15, -0.1) is 0 Å². The van der Waals surface area contributed by atoms with Gasteiger partial charge < -0.3 is 20.4 Å². The molecule has 0 bridgehead atoms. The number of guanidine groups is 1. The minimum atomic E-state index is 0.0222. The summed E-state index contributed by atoms with van der Waals surface area (Å²) in [5.74, 6) is 0.876. The van der Waals surface area contributed by atoms with Crippen molar-refractivity contribution >= 4 is 11.9 Å². The van der Waals surface area contributed by atoms with E-state index in [9.17, 15) is 4.79 Å². The van der Waals surface area contributed by atoms with E-state index in [0.717, 1.165) is 37.1 Å². The molecule has 1 saturated heterocycles. The average Bonchev–Trinajstić information content (AvgIpc) is 2.72. The van der Waals surface area contributed by atoms with Gasteiger partial charge in [-0.25, -0.2) is 4.99 Å². The zero-order chi connectivity index (χ0) is 21.1. The monoisotopic (exact) mass is 401 g/mol. The average molecular weight is 402 g/mol. The van der Waals surface area contributed by atoms with Crippen molar-refractivity contribution in [3.05, 3.63) is 35.4 Å². The van der Waals surface area contributed by atoms with Crippen molar-refractivity contribution in [1.82, 2.24) is 20.4 Å². The van der Waals surface area contributed by atoms with E-state index in [1.807, 2.05) is 24.3 Å². The van der Waals surface area contributed by atoms with Gasteiger partial charge in [0.15, 0.2) is 5.96 Å². The molecule has 6 heteroatoms. The van der Waals surface area contributed by atoms with Crippen molar-refractivity contribution in [2.75, 3.05) is 40.3 Å². The number of piperidine rings is 1. The molecule has 2 N–H and O–H groups in total. The molecule has 29 heavy (non-hydrogen) atoms. The lowest BCUT2D eigenvalue weighted by atomic mass is 10.0. The number of unbranched alkanes of at least 4 members (excludes halogenated alkanes) is 1. The predicted octanol–water partition coefficient (Wildman–Crippen LogP) is 3.10. The third-order valence-corrected chi connectivity index (χ3v) is 5.48. The Balaban J connectivity index is 1.75. The quantitative estimate of drug-likeness (QED) is 0.379. The molecule has 162 valence electrons. The lowest BCUT2D eigenvalue weighted by Crippen LogP contribution is -2.39. The van der Waals surface area contributed by atoms with E-state index in [4.69, 9.17) is 0 Å². The number of nitrogens with zero attached hydrogens (tertiary/aromatic N) is 3. The standard InChI is InChI=1S/C23H39N5O/c1-5-24-23(25-15-7-9-17-28-16-8-6-10-19(28)2)26-18-20-11-13-21(14-12-20)22(29)27(3)4/h11-14,19H,5-10,15-18H2,1-4H3,(H2,24,25,26). The van der Waals surface area contributed by atoms with E-state index in [1.165, 1.54) is 38.8 Å². The molecule has 1 heterocycles. The number of carbonyl (C=O) groups is 1. The fourth-order valence-corrected chi connectivity index (χ4v) is 3.66. The number of amides is 1. The molecule has 0 aliphatic carbocycles. The Morgan fingerprint density at radius 1 is 1.17 bits per heavy atom. The zero-order valence-electron chi connectivity index (χ0n) is 18.7. The van der Waals surface area contributed by atoms with Crippen molar-refractivity contribution in [3.8, 4) is 0 Å². The second-order valence-corrected chi connectivity index (χ2v) is 8.11. The van der Waals surface area contributed by atoms with Crippen LogP contribution in [0.5, 0.6) is 0 Å². The van der Waals surface area contributed by atoms with E-state index in [1.54, 1.807) is 19.0 Å². The molecular weight excluding hydrogens is 362 g/mol. The number of hydrogen-bond donors (Lipinski definition) is 2. The van der Waals surface area contributed by atoms with Crippen molar-refractivity contribution < 1.29 is 4.79 Å². The summed E-state index contributed by atoms with van der Waals surface area (Å²) in [5.41, 5.74) is 1.80. The Kier molecular flexibility index (Phi) is 9.98. The van der Waals surface area contributed by atoms with Gasteiger partial charge in [-0.05, 0) is 70.3 Å². The Hall–Kier alpha value is -2.08. The molecule has 0 saturated carbocycles. The van der Waals surface area contributed by atoms with Crippen molar-refractivity contribution in [1.29, 1.82) is 0 Å². The number of benzene rings is 1. The number of nitrogens with one attached hydrogen (secondary N) is 2. The molecule has 2 rings (SSSR count). The van der Waals surface area contributed by atoms with Gasteiger partial charge in [-0.1, -0.05) is 18.6 Å². The van der Waals surface area contributed by atoms with E-state index in [0.29, 0.717) is 12.1 Å². The van der Waals surface area contributed by atoms with E-state index >= 15 is 0 Å². The summed E-state index contributed by atoms with van der Waals surface area (Å²) in [6.45, 7) is 9.27. The highest BCUT2D eigenvalue weighted by Crippen LogP contribution is 2.16. The summed E-state index contributed by atoms with van der Waals surface area (Å²) < 4.78 is 0. The summed E-state index contributed by atoms with van der Waals surface area (Å²) in [6.07, 6.45) is 6.45. The number of hydrogen-bond acceptors (Lipinski definition) is 3. The second kappa shape index (κ2) is 12.5. The van der Waals surface area contributed by atoms with Crippen LogP contribution in [-0.2, 0) is 6.54 Å². The lowest BCUT2D eigenvalue weighted by Gasteiger charge is -2.33. The molecule has 1 unspecified atom stereocenters. The number of aliphatic imine (C=N–C) groups is 1. The van der Waals surface area contributed by atoms with E-state index in [2.05, 4.69) is 34.4 Å². The van der Waals surface area contributed by atoms with Crippen LogP contribution < -0.4 is 10.6 Å². The first-order valence-electron chi connectivity index (χ1n) is 11.1. The van der Waals surface area contributed by atoms with E-state index < -0.39 is 0 Å². The highest BCUT2D eigenvalue weighted by Gasteiger charge is 2.17. The van der Waals surface area contributed by atoms with Gasteiger partial charge in [0.2, 0.25) is 0 Å². The Morgan fingerprint density at radius 2 is 1.93 bits per heavy atom. The normalized spacial score (nSPS) is 17.8. The zero-order valence-corrected chi connectivity index (χ0v) is 18.7. The smallest absolute Gasteiger partial charge is 0.253 e. The first kappa shape index (κ1) is 23.2. The molecule has 6 nitrogen and oxygen atoms in total. The maximum absolute atomic E-state index is 12.0. The Morgan fingerprint density at radius 3 is 2.59 bits per heavy atom. The molecule has 1 aromatic rings. The summed E-state index contributed by atoms with van der Waals surface area (Å²) in [4.78, 5) is 20.9. The minimum Gasteiger partial charge on any atom is -0.357 e. The highest BCUT2D eigenvalue weighted by atomic mass is 16.2. The lowest BCUT2D eigenvalue weighted by molar-refractivity contribution is 0.0827. The summed E-state index contributed by atoms with van der Waals surface area (Å²) >= 11 is 0. The molecule has 0 spiro atoms. The van der Waals surface area contributed by atoms with Crippen LogP contribution in [-0.4, -0.2) is 68.0 Å². The molecule has 1 aromatic carbocycles. The molecule has 1 aliphatic heterocycles. The topological polar surface area (TPSA) is 60.0 Å². The second-order valence-electron chi connectivity index (χ2n) is 8.11. The van der Waals surface area contributed by atoms with Gasteiger partial charge in [-0.2, -0.15) is 0 Å². The number of rotatable bonds is 9. The molecular formula is C23H39N5O. The minimum absolute atomic E-state index is 0.0222. The first-order valence-corrected chi connectivity index (χ1v) is 11.1. The van der Waals surface area contributed by atoms with Crippen molar-refractivity contribution in [2.45, 2.75) is 58.5 Å². The van der Waals surface area contributed by atoms with Crippen LogP contribution >= 0.6 is 0 Å². The fraction of sp³-hybridized carbons (Fsp3) is 0.652. The van der Waals surface area contributed by atoms with Gasteiger partial charge in [0.05, 0.1) is 6.54 Å². The third kappa shape index (κ3) is 8.05. The molecule has 0 aromatic heterocycles. The van der Waals surface area contributed by atoms with Gasteiger partial charge >= 0.3 is 0 Å². The SMILES string of the molecule is CCNC(=NCc1ccc(C(=O)N(C)C)cc1)NCCCCN1CCCCC1C. The van der Waals surface area contributed by atoms with Crippen molar-refractivity contribution in [3.63, 3.8) is 0 Å². The van der Waals surface area contributed by atoms with Gasteiger partial charge in [0.1, 0.15) is 0 Å². The van der Waals surface area contributed by atoms with Gasteiger partial charge in [0, 0.05) is 38.8 Å². The first-order chi connectivity index (χ1) is 14.0. The Labute approximate surface area is 176 Å². The summed E-state index contributed by atoms with van der Waals surface area (Å²) in [7, 11) is 3.53. The summed E-state index contributed by atoms with van der Waals surface area (Å²) in [5, 5.41) is 6.76. The van der Waals surface area contributed by atoms with Crippen LogP contribution in [0.15, 0.2) is 29.3 Å². The van der Waals surface area contributed by atoms with Crippen LogP contribution in [0.4, 0.5) is 0 Å². The highest BCUT2D eigenvalue weighted by molar-refractivity contribution is 5.93. The maximum Gasteiger partial charge on any atom is 0.253 e. The van der Waals surface area contributed by atoms with Crippen LogP contribution in [0, 0.1) is 0 Å². The van der Waals surface area contributed by atoms with E-state index in [-0.39, 0.29) is 5.91 Å². The molecule has 0 radical (unpaired) electrons.